The van der Waals surface area contributed by atoms with Gasteiger partial charge in [-0.05, 0) is 23.8 Å². The van der Waals surface area contributed by atoms with Gasteiger partial charge in [-0.15, -0.1) is 0 Å². The Morgan fingerprint density at radius 1 is 0.929 bits per heavy atom. The number of rotatable bonds is 4. The number of nitrogens with zero attached hydrogens (tertiary/aromatic N) is 5. The molecule has 0 radical (unpaired) electrons. The van der Waals surface area contributed by atoms with Gasteiger partial charge < -0.3 is 5.32 Å². The van der Waals surface area contributed by atoms with Crippen LogP contribution < -0.4 is 5.32 Å². The third-order valence-electron chi connectivity index (χ3n) is 4.57. The molecule has 3 aromatic heterocycles. The maximum absolute atomic E-state index is 13.5. The molecule has 0 bridgehead atoms. The highest BCUT2D eigenvalue weighted by atomic mass is 19.1. The lowest BCUT2D eigenvalue weighted by Gasteiger charge is -2.09. The first-order valence-electron chi connectivity index (χ1n) is 8.79. The highest BCUT2D eigenvalue weighted by molar-refractivity contribution is 5.91. The summed E-state index contributed by atoms with van der Waals surface area (Å²) >= 11 is 0. The Labute approximate surface area is 159 Å². The second-order valence-electron chi connectivity index (χ2n) is 6.43. The first-order valence-corrected chi connectivity index (χ1v) is 8.79. The molecule has 0 spiro atoms. The molecular formula is C21H15FN6. The molecule has 0 atom stereocenters. The number of nitrogens with one attached hydrogen (secondary N) is 1. The van der Waals surface area contributed by atoms with Crippen LogP contribution in [0, 0.1) is 5.95 Å². The summed E-state index contributed by atoms with van der Waals surface area (Å²) in [5.41, 5.74) is 3.65. The maximum Gasteiger partial charge on any atom is 0.213 e. The van der Waals surface area contributed by atoms with Crippen LogP contribution in [-0.4, -0.2) is 24.7 Å². The zero-order valence-electron chi connectivity index (χ0n) is 14.7. The monoisotopic (exact) mass is 370 g/mol. The predicted octanol–water partition coefficient (Wildman–Crippen LogP) is 4.31. The Balaban J connectivity index is 1.47. The highest BCUT2D eigenvalue weighted by Crippen LogP contribution is 2.25. The van der Waals surface area contributed by atoms with E-state index in [1.807, 2.05) is 47.3 Å². The predicted molar refractivity (Wildman–Crippen MR) is 106 cm³/mol. The minimum absolute atomic E-state index is 0.530. The molecule has 1 N–H and O–H groups in total. The Kier molecular flexibility index (Phi) is 3.90. The van der Waals surface area contributed by atoms with E-state index in [1.54, 1.807) is 0 Å². The lowest BCUT2D eigenvalue weighted by molar-refractivity contribution is 0.586. The van der Waals surface area contributed by atoms with E-state index in [1.165, 1.54) is 24.2 Å². The molecule has 0 aliphatic heterocycles. The first kappa shape index (κ1) is 16.3. The van der Waals surface area contributed by atoms with Gasteiger partial charge in [-0.25, -0.2) is 15.0 Å². The average Bonchev–Trinajstić information content (AvgIpc) is 3.11. The summed E-state index contributed by atoms with van der Waals surface area (Å²) in [7, 11) is 0. The van der Waals surface area contributed by atoms with Gasteiger partial charge in [0.25, 0.3) is 0 Å². The van der Waals surface area contributed by atoms with E-state index in [9.17, 15) is 4.39 Å². The maximum atomic E-state index is 13.5. The van der Waals surface area contributed by atoms with Gasteiger partial charge in [0, 0.05) is 22.5 Å². The SMILES string of the molecule is Fc1cc2c(Nc3ccc4c(cnn4Cc4ccccc4)c3)ncnc2cn1. The number of hydrogen-bond acceptors (Lipinski definition) is 5. The number of fused-ring (bicyclic) bond motifs is 2. The van der Waals surface area contributed by atoms with E-state index < -0.39 is 5.95 Å². The van der Waals surface area contributed by atoms with Gasteiger partial charge in [0.2, 0.25) is 5.95 Å². The standard InChI is InChI=1S/C21H15FN6/c22-20-9-17-18(11-23-20)24-13-25-21(17)27-16-6-7-19-15(8-16)10-26-28(19)12-14-4-2-1-3-5-14/h1-11,13H,12H2,(H,24,25,27). The fraction of sp³-hybridized carbons (Fsp3) is 0.0476. The number of hydrogen-bond donors (Lipinski definition) is 1. The van der Waals surface area contributed by atoms with Crippen molar-refractivity contribution in [3.63, 3.8) is 0 Å². The van der Waals surface area contributed by atoms with Crippen molar-refractivity contribution >= 4 is 33.3 Å². The first-order chi connectivity index (χ1) is 13.8. The molecule has 0 fully saturated rings. The Hall–Kier alpha value is -3.87. The molecule has 6 nitrogen and oxygen atoms in total. The van der Waals surface area contributed by atoms with Crippen molar-refractivity contribution in [3.05, 3.63) is 84.8 Å². The van der Waals surface area contributed by atoms with Crippen LogP contribution in [0.4, 0.5) is 15.9 Å². The van der Waals surface area contributed by atoms with Crippen LogP contribution in [0.25, 0.3) is 21.8 Å². The fourth-order valence-corrected chi connectivity index (χ4v) is 3.22. The van der Waals surface area contributed by atoms with Crippen LogP contribution in [0.2, 0.25) is 0 Å². The highest BCUT2D eigenvalue weighted by Gasteiger charge is 2.08. The summed E-state index contributed by atoms with van der Waals surface area (Å²) in [6, 6.07) is 17.5. The van der Waals surface area contributed by atoms with Crippen LogP contribution in [0.3, 0.4) is 0 Å². The summed E-state index contributed by atoms with van der Waals surface area (Å²) < 4.78 is 15.5. The Morgan fingerprint density at radius 3 is 2.71 bits per heavy atom. The topological polar surface area (TPSA) is 68.5 Å². The largest absolute Gasteiger partial charge is 0.340 e. The van der Waals surface area contributed by atoms with Crippen LogP contribution in [-0.2, 0) is 6.54 Å². The fourth-order valence-electron chi connectivity index (χ4n) is 3.22. The number of halogens is 1. The van der Waals surface area contributed by atoms with Gasteiger partial charge in [0.1, 0.15) is 12.1 Å². The van der Waals surface area contributed by atoms with Crippen LogP contribution in [0.1, 0.15) is 5.56 Å². The smallest absolute Gasteiger partial charge is 0.213 e. The summed E-state index contributed by atoms with van der Waals surface area (Å²) in [6.07, 6.45) is 4.67. The molecule has 0 saturated heterocycles. The molecule has 0 aliphatic rings. The van der Waals surface area contributed by atoms with E-state index in [4.69, 9.17) is 0 Å². The summed E-state index contributed by atoms with van der Waals surface area (Å²) in [6.45, 7) is 0.708. The molecule has 0 aliphatic carbocycles. The molecule has 0 amide bonds. The molecule has 3 heterocycles. The zero-order chi connectivity index (χ0) is 18.9. The van der Waals surface area contributed by atoms with Gasteiger partial charge >= 0.3 is 0 Å². The quantitative estimate of drug-likeness (QED) is 0.478. The Bertz CT molecular complexity index is 1280. The molecule has 0 saturated carbocycles. The molecular weight excluding hydrogens is 355 g/mol. The number of pyridine rings is 1. The van der Waals surface area contributed by atoms with Gasteiger partial charge in [0.15, 0.2) is 0 Å². The van der Waals surface area contributed by atoms with Crippen molar-refractivity contribution in [2.24, 2.45) is 0 Å². The van der Waals surface area contributed by atoms with E-state index in [0.29, 0.717) is 23.3 Å². The average molecular weight is 370 g/mol. The minimum Gasteiger partial charge on any atom is -0.340 e. The van der Waals surface area contributed by atoms with Crippen molar-refractivity contribution in [2.75, 3.05) is 5.32 Å². The van der Waals surface area contributed by atoms with E-state index in [0.717, 1.165) is 16.6 Å². The van der Waals surface area contributed by atoms with Gasteiger partial charge in [-0.3, -0.25) is 4.68 Å². The Morgan fingerprint density at radius 2 is 1.82 bits per heavy atom. The van der Waals surface area contributed by atoms with Gasteiger partial charge in [0.05, 0.1) is 30.0 Å². The van der Waals surface area contributed by atoms with Crippen LogP contribution >= 0.6 is 0 Å². The number of benzene rings is 2. The van der Waals surface area contributed by atoms with Gasteiger partial charge in [-0.1, -0.05) is 30.3 Å². The third kappa shape index (κ3) is 3.03. The van der Waals surface area contributed by atoms with Crippen molar-refractivity contribution < 1.29 is 4.39 Å². The number of aromatic nitrogens is 5. The van der Waals surface area contributed by atoms with Crippen molar-refractivity contribution in [2.45, 2.75) is 6.54 Å². The normalized spacial score (nSPS) is 11.2. The van der Waals surface area contributed by atoms with Crippen molar-refractivity contribution in [3.8, 4) is 0 Å². The lowest BCUT2D eigenvalue weighted by Crippen LogP contribution is -2.01. The van der Waals surface area contributed by atoms with Gasteiger partial charge in [-0.2, -0.15) is 9.49 Å². The summed E-state index contributed by atoms with van der Waals surface area (Å²) in [5, 5.41) is 9.33. The van der Waals surface area contributed by atoms with Crippen molar-refractivity contribution in [1.29, 1.82) is 0 Å². The van der Waals surface area contributed by atoms with E-state index in [2.05, 4.69) is 37.5 Å². The number of anilines is 2. The molecule has 5 rings (SSSR count). The molecule has 0 unspecified atom stereocenters. The second kappa shape index (κ2) is 6.70. The molecule has 28 heavy (non-hydrogen) atoms. The van der Waals surface area contributed by atoms with Crippen LogP contribution in [0.5, 0.6) is 0 Å². The third-order valence-corrected chi connectivity index (χ3v) is 4.57. The molecule has 7 heteroatoms. The molecule has 2 aromatic carbocycles. The zero-order valence-corrected chi connectivity index (χ0v) is 14.7. The second-order valence-corrected chi connectivity index (χ2v) is 6.43. The minimum atomic E-state index is -0.567. The lowest BCUT2D eigenvalue weighted by atomic mass is 10.2. The van der Waals surface area contributed by atoms with Crippen LogP contribution in [0.15, 0.2) is 73.3 Å². The van der Waals surface area contributed by atoms with E-state index in [-0.39, 0.29) is 0 Å². The summed E-state index contributed by atoms with van der Waals surface area (Å²) in [5.74, 6) is -0.0367. The molecule has 5 aromatic rings. The summed E-state index contributed by atoms with van der Waals surface area (Å²) in [4.78, 5) is 12.0. The van der Waals surface area contributed by atoms with Crippen molar-refractivity contribution in [1.82, 2.24) is 24.7 Å². The molecule has 136 valence electrons. The van der Waals surface area contributed by atoms with E-state index >= 15 is 0 Å².